The second kappa shape index (κ2) is 5.09. The zero-order chi connectivity index (χ0) is 14.1. The van der Waals surface area contributed by atoms with Crippen LogP contribution in [0.1, 0.15) is 17.4 Å². The highest BCUT2D eigenvalue weighted by atomic mass is 32.1. The summed E-state index contributed by atoms with van der Waals surface area (Å²) >= 11 is 1.74. The monoisotopic (exact) mass is 284 g/mol. The average Bonchev–Trinajstić information content (AvgIpc) is 3.04. The van der Waals surface area contributed by atoms with E-state index in [0.29, 0.717) is 5.69 Å². The van der Waals surface area contributed by atoms with Crippen molar-refractivity contribution in [1.82, 2.24) is 14.8 Å². The number of rotatable bonds is 3. The first-order chi connectivity index (χ1) is 9.67. The summed E-state index contributed by atoms with van der Waals surface area (Å²) in [5.41, 5.74) is 8.75. The highest BCUT2D eigenvalue weighted by Gasteiger charge is 2.12. The average molecular weight is 284 g/mol. The topological polar surface area (TPSA) is 56.7 Å². The second-order valence-corrected chi connectivity index (χ2v) is 5.86. The second-order valence-electron chi connectivity index (χ2n) is 4.69. The minimum absolute atomic E-state index is 0.679. The molecule has 0 radical (unpaired) electrons. The Morgan fingerprint density at radius 1 is 1.30 bits per heavy atom. The van der Waals surface area contributed by atoms with E-state index in [-0.39, 0.29) is 0 Å². The zero-order valence-electron chi connectivity index (χ0n) is 11.5. The van der Waals surface area contributed by atoms with Crippen LogP contribution in [-0.2, 0) is 6.42 Å². The number of hydrogen-bond donors (Lipinski definition) is 1. The van der Waals surface area contributed by atoms with Gasteiger partial charge in [0.05, 0.1) is 16.8 Å². The SMILES string of the molecule is CCc1ccc(-c2nn(-c3cc(C)ccn3)cc2N)s1. The first-order valence-corrected chi connectivity index (χ1v) is 7.36. The van der Waals surface area contributed by atoms with E-state index in [1.54, 1.807) is 22.2 Å². The molecule has 0 bridgehead atoms. The molecule has 0 aliphatic carbocycles. The third kappa shape index (κ3) is 2.32. The first-order valence-electron chi connectivity index (χ1n) is 6.54. The van der Waals surface area contributed by atoms with Crippen molar-refractivity contribution in [2.24, 2.45) is 0 Å². The molecule has 0 saturated heterocycles. The van der Waals surface area contributed by atoms with Gasteiger partial charge in [0.15, 0.2) is 5.82 Å². The van der Waals surface area contributed by atoms with E-state index in [1.807, 2.05) is 25.3 Å². The third-order valence-corrected chi connectivity index (χ3v) is 4.36. The molecule has 2 N–H and O–H groups in total. The lowest BCUT2D eigenvalue weighted by Crippen LogP contribution is -1.98. The summed E-state index contributed by atoms with van der Waals surface area (Å²) in [7, 11) is 0. The lowest BCUT2D eigenvalue weighted by molar-refractivity contribution is 0.849. The van der Waals surface area contributed by atoms with Crippen LogP contribution in [0.25, 0.3) is 16.4 Å². The van der Waals surface area contributed by atoms with Crippen molar-refractivity contribution < 1.29 is 0 Å². The van der Waals surface area contributed by atoms with Gasteiger partial charge >= 0.3 is 0 Å². The van der Waals surface area contributed by atoms with E-state index in [1.165, 1.54) is 4.88 Å². The molecule has 0 spiro atoms. The highest BCUT2D eigenvalue weighted by Crippen LogP contribution is 2.31. The van der Waals surface area contributed by atoms with Crippen LogP contribution in [0.2, 0.25) is 0 Å². The van der Waals surface area contributed by atoms with E-state index < -0.39 is 0 Å². The normalized spacial score (nSPS) is 10.9. The standard InChI is InChI=1S/C15H16N4S/c1-3-11-4-5-13(20-11)15-12(16)9-19(18-15)14-8-10(2)6-7-17-14/h4-9H,3,16H2,1-2H3. The number of hydrogen-bond acceptors (Lipinski definition) is 4. The van der Waals surface area contributed by atoms with Crippen molar-refractivity contribution in [1.29, 1.82) is 0 Å². The molecule has 4 nitrogen and oxygen atoms in total. The van der Waals surface area contributed by atoms with Crippen molar-refractivity contribution in [3.63, 3.8) is 0 Å². The number of aryl methyl sites for hydroxylation is 2. The molecule has 3 aromatic heterocycles. The van der Waals surface area contributed by atoms with Crippen LogP contribution in [-0.4, -0.2) is 14.8 Å². The van der Waals surface area contributed by atoms with Gasteiger partial charge in [-0.15, -0.1) is 11.3 Å². The van der Waals surface area contributed by atoms with Gasteiger partial charge < -0.3 is 5.73 Å². The van der Waals surface area contributed by atoms with E-state index in [0.717, 1.165) is 28.4 Å². The maximum absolute atomic E-state index is 6.10. The molecule has 5 heteroatoms. The Morgan fingerprint density at radius 3 is 2.85 bits per heavy atom. The van der Waals surface area contributed by atoms with Crippen molar-refractivity contribution in [2.75, 3.05) is 5.73 Å². The number of anilines is 1. The molecule has 20 heavy (non-hydrogen) atoms. The van der Waals surface area contributed by atoms with Crippen molar-refractivity contribution in [2.45, 2.75) is 20.3 Å². The Morgan fingerprint density at radius 2 is 2.15 bits per heavy atom. The molecule has 3 heterocycles. The largest absolute Gasteiger partial charge is 0.396 e. The quantitative estimate of drug-likeness (QED) is 0.801. The summed E-state index contributed by atoms with van der Waals surface area (Å²) in [4.78, 5) is 6.77. The molecule has 0 aliphatic heterocycles. The van der Waals surface area contributed by atoms with Gasteiger partial charge in [-0.3, -0.25) is 0 Å². The molecule has 0 aliphatic rings. The highest BCUT2D eigenvalue weighted by molar-refractivity contribution is 7.15. The molecule has 3 rings (SSSR count). The van der Waals surface area contributed by atoms with Crippen LogP contribution in [0.4, 0.5) is 5.69 Å². The van der Waals surface area contributed by atoms with Crippen molar-refractivity contribution in [3.8, 4) is 16.4 Å². The van der Waals surface area contributed by atoms with Crippen LogP contribution in [0.15, 0.2) is 36.7 Å². The Hall–Kier alpha value is -2.14. The fourth-order valence-corrected chi connectivity index (χ4v) is 2.99. The summed E-state index contributed by atoms with van der Waals surface area (Å²) in [5.74, 6) is 0.787. The molecular formula is C15H16N4S. The van der Waals surface area contributed by atoms with Gasteiger partial charge in [0.2, 0.25) is 0 Å². The number of pyridine rings is 1. The molecule has 102 valence electrons. The predicted octanol–water partition coefficient (Wildman–Crippen LogP) is 3.45. The molecule has 0 saturated carbocycles. The van der Waals surface area contributed by atoms with E-state index in [2.05, 4.69) is 29.1 Å². The fourth-order valence-electron chi connectivity index (χ4n) is 2.04. The summed E-state index contributed by atoms with van der Waals surface area (Å²) in [5, 5.41) is 4.58. The van der Waals surface area contributed by atoms with Crippen LogP contribution in [0.3, 0.4) is 0 Å². The molecule has 0 aromatic carbocycles. The van der Waals surface area contributed by atoms with Crippen LogP contribution in [0, 0.1) is 6.92 Å². The number of nitrogens with two attached hydrogens (primary N) is 1. The van der Waals surface area contributed by atoms with Gasteiger partial charge in [0.1, 0.15) is 5.69 Å². The van der Waals surface area contributed by atoms with Gasteiger partial charge in [0, 0.05) is 11.1 Å². The lowest BCUT2D eigenvalue weighted by Gasteiger charge is -2.00. The predicted molar refractivity (Wildman–Crippen MR) is 83.2 cm³/mol. The summed E-state index contributed by atoms with van der Waals surface area (Å²) in [6, 6.07) is 8.16. The van der Waals surface area contributed by atoms with E-state index in [4.69, 9.17) is 5.73 Å². The van der Waals surface area contributed by atoms with Crippen LogP contribution < -0.4 is 5.73 Å². The third-order valence-electron chi connectivity index (χ3n) is 3.12. The van der Waals surface area contributed by atoms with Crippen LogP contribution in [0.5, 0.6) is 0 Å². The minimum atomic E-state index is 0.679. The maximum Gasteiger partial charge on any atom is 0.153 e. The van der Waals surface area contributed by atoms with Gasteiger partial charge in [-0.25, -0.2) is 9.67 Å². The first kappa shape index (κ1) is 12.9. The smallest absolute Gasteiger partial charge is 0.153 e. The minimum Gasteiger partial charge on any atom is -0.396 e. The number of nitrogen functional groups attached to an aromatic ring is 1. The Balaban J connectivity index is 2.02. The van der Waals surface area contributed by atoms with Gasteiger partial charge in [-0.05, 0) is 43.2 Å². The van der Waals surface area contributed by atoms with Gasteiger partial charge in [-0.2, -0.15) is 5.10 Å². The molecule has 0 fully saturated rings. The van der Waals surface area contributed by atoms with Crippen molar-refractivity contribution >= 4 is 17.0 Å². The number of thiophene rings is 1. The summed E-state index contributed by atoms with van der Waals surface area (Å²) in [6.07, 6.45) is 4.63. The van der Waals surface area contributed by atoms with E-state index in [9.17, 15) is 0 Å². The van der Waals surface area contributed by atoms with Crippen LogP contribution >= 0.6 is 11.3 Å². The molecule has 0 unspecified atom stereocenters. The maximum atomic E-state index is 6.10. The molecule has 0 amide bonds. The zero-order valence-corrected chi connectivity index (χ0v) is 12.3. The van der Waals surface area contributed by atoms with E-state index >= 15 is 0 Å². The Labute approximate surface area is 121 Å². The lowest BCUT2D eigenvalue weighted by atomic mass is 10.3. The van der Waals surface area contributed by atoms with Gasteiger partial charge in [0.25, 0.3) is 0 Å². The fraction of sp³-hybridized carbons (Fsp3) is 0.200. The number of aromatic nitrogens is 3. The summed E-state index contributed by atoms with van der Waals surface area (Å²) in [6.45, 7) is 4.18. The Bertz CT molecular complexity index is 742. The summed E-state index contributed by atoms with van der Waals surface area (Å²) < 4.78 is 1.74. The number of nitrogens with zero attached hydrogens (tertiary/aromatic N) is 3. The van der Waals surface area contributed by atoms with Crippen molar-refractivity contribution in [3.05, 3.63) is 47.1 Å². The molecular weight excluding hydrogens is 268 g/mol. The molecule has 3 aromatic rings. The Kier molecular flexibility index (Phi) is 3.28. The molecule has 0 atom stereocenters. The van der Waals surface area contributed by atoms with Gasteiger partial charge in [-0.1, -0.05) is 6.92 Å².